The van der Waals surface area contributed by atoms with Crippen molar-refractivity contribution in [1.82, 2.24) is 25.1 Å². The zero-order valence-corrected chi connectivity index (χ0v) is 11.9. The molecular weight excluding hydrogens is 284 g/mol. The maximum Gasteiger partial charge on any atom is 0.226 e. The molecule has 6 nitrogen and oxygen atoms in total. The second kappa shape index (κ2) is 4.43. The number of halogens is 1. The Morgan fingerprint density at radius 1 is 1.37 bits per heavy atom. The molecule has 0 spiro atoms. The van der Waals surface area contributed by atoms with Gasteiger partial charge >= 0.3 is 0 Å². The van der Waals surface area contributed by atoms with E-state index in [4.69, 9.17) is 11.6 Å². The van der Waals surface area contributed by atoms with Gasteiger partial charge in [-0.3, -0.25) is 5.10 Å². The van der Waals surface area contributed by atoms with Crippen LogP contribution in [0.1, 0.15) is 18.9 Å². The van der Waals surface area contributed by atoms with Gasteiger partial charge in [0.15, 0.2) is 5.65 Å². The minimum atomic E-state index is -0.351. The SMILES string of the molecule is CC(C)(Nc1nc(Cl)nc2[nH]ncc12)c1nccs1. The van der Waals surface area contributed by atoms with E-state index in [2.05, 4.69) is 30.5 Å². The molecule has 0 saturated carbocycles. The molecule has 0 amide bonds. The summed E-state index contributed by atoms with van der Waals surface area (Å²) in [6, 6.07) is 0. The van der Waals surface area contributed by atoms with Crippen molar-refractivity contribution >= 4 is 39.8 Å². The standard InChI is InChI=1S/C11H11ClN6S/c1-11(2,9-13-3-4-19-9)17-7-6-5-14-18-8(6)16-10(12)15-7/h3-5H,1-2H3,(H2,14,15,16,17,18). The fraction of sp³-hybridized carbons (Fsp3) is 0.273. The highest BCUT2D eigenvalue weighted by molar-refractivity contribution is 7.09. The topological polar surface area (TPSA) is 79.4 Å². The van der Waals surface area contributed by atoms with Crippen LogP contribution >= 0.6 is 22.9 Å². The number of fused-ring (bicyclic) bond motifs is 1. The molecule has 0 fully saturated rings. The van der Waals surface area contributed by atoms with Gasteiger partial charge in [-0.15, -0.1) is 11.3 Å². The Labute approximate surface area is 118 Å². The van der Waals surface area contributed by atoms with E-state index in [0.29, 0.717) is 11.5 Å². The van der Waals surface area contributed by atoms with E-state index in [1.54, 1.807) is 23.7 Å². The number of rotatable bonds is 3. The number of H-pyrrole nitrogens is 1. The zero-order valence-electron chi connectivity index (χ0n) is 10.3. The van der Waals surface area contributed by atoms with Crippen LogP contribution in [0.4, 0.5) is 5.82 Å². The molecule has 0 atom stereocenters. The molecule has 0 aliphatic carbocycles. The molecule has 3 rings (SSSR count). The van der Waals surface area contributed by atoms with Crippen molar-refractivity contribution < 1.29 is 0 Å². The number of anilines is 1. The molecule has 3 heterocycles. The number of nitrogens with one attached hydrogen (secondary N) is 2. The summed E-state index contributed by atoms with van der Waals surface area (Å²) >= 11 is 7.50. The first-order chi connectivity index (χ1) is 9.06. The van der Waals surface area contributed by atoms with Crippen molar-refractivity contribution in [1.29, 1.82) is 0 Å². The van der Waals surface area contributed by atoms with Crippen LogP contribution in [0.5, 0.6) is 0 Å². The molecule has 0 saturated heterocycles. The number of aromatic amines is 1. The third kappa shape index (κ3) is 2.26. The monoisotopic (exact) mass is 294 g/mol. The van der Waals surface area contributed by atoms with Crippen LogP contribution in [0.15, 0.2) is 17.8 Å². The third-order valence-corrected chi connectivity index (χ3v) is 3.95. The second-order valence-electron chi connectivity index (χ2n) is 4.56. The quantitative estimate of drug-likeness (QED) is 0.726. The minimum Gasteiger partial charge on any atom is -0.358 e. The highest BCUT2D eigenvalue weighted by Gasteiger charge is 2.25. The Hall–Kier alpha value is -1.73. The average molecular weight is 295 g/mol. The molecule has 0 aliphatic rings. The lowest BCUT2D eigenvalue weighted by molar-refractivity contribution is 0.602. The van der Waals surface area contributed by atoms with Crippen LogP contribution < -0.4 is 5.32 Å². The first-order valence-corrected chi connectivity index (χ1v) is 6.87. The van der Waals surface area contributed by atoms with E-state index in [-0.39, 0.29) is 10.8 Å². The van der Waals surface area contributed by atoms with Crippen molar-refractivity contribution in [3.8, 4) is 0 Å². The van der Waals surface area contributed by atoms with Gasteiger partial charge in [-0.1, -0.05) is 0 Å². The highest BCUT2D eigenvalue weighted by atomic mass is 35.5. The molecule has 0 unspecified atom stereocenters. The van der Waals surface area contributed by atoms with Gasteiger partial charge in [0.2, 0.25) is 5.28 Å². The lowest BCUT2D eigenvalue weighted by atomic mass is 10.1. The summed E-state index contributed by atoms with van der Waals surface area (Å²) < 4.78 is 0. The van der Waals surface area contributed by atoms with E-state index < -0.39 is 0 Å². The highest BCUT2D eigenvalue weighted by Crippen LogP contribution is 2.29. The third-order valence-electron chi connectivity index (χ3n) is 2.68. The Morgan fingerprint density at radius 2 is 2.21 bits per heavy atom. The fourth-order valence-corrected chi connectivity index (χ4v) is 2.67. The van der Waals surface area contributed by atoms with Crippen molar-refractivity contribution in [3.63, 3.8) is 0 Å². The maximum absolute atomic E-state index is 5.91. The van der Waals surface area contributed by atoms with Crippen molar-refractivity contribution in [2.45, 2.75) is 19.4 Å². The van der Waals surface area contributed by atoms with E-state index in [0.717, 1.165) is 10.4 Å². The average Bonchev–Trinajstić information content (AvgIpc) is 2.98. The van der Waals surface area contributed by atoms with Crippen LogP contribution in [0.2, 0.25) is 5.28 Å². The molecule has 8 heteroatoms. The molecule has 2 N–H and O–H groups in total. The molecule has 19 heavy (non-hydrogen) atoms. The van der Waals surface area contributed by atoms with Gasteiger partial charge in [-0.25, -0.2) is 4.98 Å². The van der Waals surface area contributed by atoms with Crippen molar-refractivity contribution in [3.05, 3.63) is 28.1 Å². The van der Waals surface area contributed by atoms with Gasteiger partial charge in [0.05, 0.1) is 17.1 Å². The zero-order chi connectivity index (χ0) is 13.5. The number of hydrogen-bond acceptors (Lipinski definition) is 6. The molecular formula is C11H11ClN6S. The van der Waals surface area contributed by atoms with Crippen LogP contribution in [-0.4, -0.2) is 25.1 Å². The van der Waals surface area contributed by atoms with Crippen LogP contribution in [0.3, 0.4) is 0 Å². The van der Waals surface area contributed by atoms with Crippen LogP contribution in [-0.2, 0) is 5.54 Å². The van der Waals surface area contributed by atoms with Gasteiger partial charge in [0.1, 0.15) is 10.8 Å². The summed E-state index contributed by atoms with van der Waals surface area (Å²) in [5, 5.41) is 14.0. The van der Waals surface area contributed by atoms with Crippen molar-refractivity contribution in [2.24, 2.45) is 0 Å². The predicted octanol–water partition coefficient (Wildman–Crippen LogP) is 2.81. The minimum absolute atomic E-state index is 0.175. The maximum atomic E-state index is 5.91. The fourth-order valence-electron chi connectivity index (χ4n) is 1.78. The van der Waals surface area contributed by atoms with Crippen LogP contribution in [0.25, 0.3) is 11.0 Å². The molecule has 3 aromatic heterocycles. The first-order valence-electron chi connectivity index (χ1n) is 5.61. The summed E-state index contributed by atoms with van der Waals surface area (Å²) in [5.74, 6) is 0.643. The summed E-state index contributed by atoms with van der Waals surface area (Å²) in [4.78, 5) is 12.6. The molecule has 3 aromatic rings. The number of thiazole rings is 1. The molecule has 0 aliphatic heterocycles. The van der Waals surface area contributed by atoms with E-state index in [9.17, 15) is 0 Å². The Kier molecular flexibility index (Phi) is 2.87. The Morgan fingerprint density at radius 3 is 2.95 bits per heavy atom. The number of nitrogens with zero attached hydrogens (tertiary/aromatic N) is 4. The Bertz CT molecular complexity index is 705. The van der Waals surface area contributed by atoms with Gasteiger partial charge in [-0.2, -0.15) is 15.1 Å². The second-order valence-corrected chi connectivity index (χ2v) is 5.79. The lowest BCUT2D eigenvalue weighted by Crippen LogP contribution is -2.28. The molecule has 0 aromatic carbocycles. The van der Waals surface area contributed by atoms with Gasteiger partial charge in [0.25, 0.3) is 0 Å². The first kappa shape index (κ1) is 12.3. The van der Waals surface area contributed by atoms with E-state index >= 15 is 0 Å². The van der Waals surface area contributed by atoms with Gasteiger partial charge < -0.3 is 5.32 Å². The van der Waals surface area contributed by atoms with Crippen molar-refractivity contribution in [2.75, 3.05) is 5.32 Å². The van der Waals surface area contributed by atoms with E-state index in [1.807, 2.05) is 19.2 Å². The number of hydrogen-bond donors (Lipinski definition) is 2. The van der Waals surface area contributed by atoms with E-state index in [1.165, 1.54) is 0 Å². The normalized spacial score (nSPS) is 11.9. The lowest BCUT2D eigenvalue weighted by Gasteiger charge is -2.24. The predicted molar refractivity (Wildman–Crippen MR) is 75.5 cm³/mol. The molecule has 98 valence electrons. The van der Waals surface area contributed by atoms with Gasteiger partial charge in [-0.05, 0) is 25.4 Å². The smallest absolute Gasteiger partial charge is 0.226 e. The summed E-state index contributed by atoms with van der Waals surface area (Å²) in [6.07, 6.45) is 3.45. The summed E-state index contributed by atoms with van der Waals surface area (Å²) in [7, 11) is 0. The molecule has 0 radical (unpaired) electrons. The Balaban J connectivity index is 2.03. The summed E-state index contributed by atoms with van der Waals surface area (Å²) in [6.45, 7) is 4.07. The number of aromatic nitrogens is 5. The largest absolute Gasteiger partial charge is 0.358 e. The molecule has 0 bridgehead atoms. The van der Waals surface area contributed by atoms with Crippen LogP contribution in [0, 0.1) is 0 Å². The summed E-state index contributed by atoms with van der Waals surface area (Å²) in [5.41, 5.74) is 0.258. The van der Waals surface area contributed by atoms with Gasteiger partial charge in [0, 0.05) is 11.6 Å².